The van der Waals surface area contributed by atoms with E-state index in [2.05, 4.69) is 12.1 Å². The number of allylic oxidation sites excluding steroid dienone is 1. The molecule has 1 atom stereocenters. The van der Waals surface area contributed by atoms with Crippen LogP contribution in [0, 0.1) is 5.92 Å². The lowest BCUT2D eigenvalue weighted by Gasteiger charge is -2.25. The zero-order valence-corrected chi connectivity index (χ0v) is 9.93. The van der Waals surface area contributed by atoms with E-state index in [1.54, 1.807) is 0 Å². The lowest BCUT2D eigenvalue weighted by Crippen LogP contribution is -2.14. The van der Waals surface area contributed by atoms with E-state index >= 15 is 0 Å². The van der Waals surface area contributed by atoms with E-state index in [0.717, 1.165) is 31.3 Å². The average Bonchev–Trinajstić information content (AvgIpc) is 2.32. The van der Waals surface area contributed by atoms with E-state index in [1.807, 2.05) is 18.2 Å². The number of benzene rings is 1. The summed E-state index contributed by atoms with van der Waals surface area (Å²) in [7, 11) is 0. The first-order valence-corrected chi connectivity index (χ1v) is 6.23. The molecule has 0 saturated heterocycles. The Hall–Kier alpha value is -1.57. The molecule has 0 radical (unpaired) electrons. The molecule has 1 aliphatic carbocycles. The fourth-order valence-electron chi connectivity index (χ4n) is 2.59. The Bertz CT molecular complexity index is 406. The summed E-state index contributed by atoms with van der Waals surface area (Å²) in [5.74, 6) is -0.387. The maximum atomic E-state index is 10.8. The van der Waals surface area contributed by atoms with Gasteiger partial charge >= 0.3 is 5.97 Å². The first-order valence-electron chi connectivity index (χ1n) is 6.23. The van der Waals surface area contributed by atoms with Crippen molar-refractivity contribution in [2.24, 2.45) is 5.92 Å². The van der Waals surface area contributed by atoms with Crippen LogP contribution in [0.1, 0.15) is 31.2 Å². The Labute approximate surface area is 102 Å². The molecule has 1 saturated carbocycles. The number of hydrogen-bond donors (Lipinski definition) is 1. The maximum Gasteiger partial charge on any atom is 0.328 e. The molecule has 1 N–H and O–H groups in total. The van der Waals surface area contributed by atoms with Crippen LogP contribution in [-0.4, -0.2) is 11.1 Å². The first-order chi connectivity index (χ1) is 8.25. The van der Waals surface area contributed by atoms with Crippen molar-refractivity contribution in [1.82, 2.24) is 0 Å². The molecule has 2 heteroatoms. The molecular formula is C15H18O2. The predicted molar refractivity (Wildman–Crippen MR) is 67.8 cm³/mol. The highest BCUT2D eigenvalue weighted by molar-refractivity contribution is 5.80. The molecular weight excluding hydrogens is 212 g/mol. The monoisotopic (exact) mass is 230 g/mol. The summed E-state index contributed by atoms with van der Waals surface area (Å²) in [5.41, 5.74) is 2.42. The van der Waals surface area contributed by atoms with Crippen molar-refractivity contribution in [2.75, 3.05) is 0 Å². The van der Waals surface area contributed by atoms with E-state index in [9.17, 15) is 4.79 Å². The van der Waals surface area contributed by atoms with E-state index in [-0.39, 0.29) is 0 Å². The summed E-state index contributed by atoms with van der Waals surface area (Å²) in [6.45, 7) is 0. The van der Waals surface area contributed by atoms with Gasteiger partial charge in [0.15, 0.2) is 0 Å². The molecule has 90 valence electrons. The van der Waals surface area contributed by atoms with Crippen LogP contribution >= 0.6 is 0 Å². The van der Waals surface area contributed by atoms with Crippen LogP contribution in [-0.2, 0) is 11.2 Å². The molecule has 1 unspecified atom stereocenters. The van der Waals surface area contributed by atoms with Crippen molar-refractivity contribution in [3.8, 4) is 0 Å². The van der Waals surface area contributed by atoms with E-state index in [4.69, 9.17) is 5.11 Å². The SMILES string of the molecule is O=C(O)C=C1CCCCC1Cc1ccccc1. The topological polar surface area (TPSA) is 37.3 Å². The lowest BCUT2D eigenvalue weighted by atomic mass is 9.80. The van der Waals surface area contributed by atoms with Crippen LogP contribution in [0.15, 0.2) is 42.0 Å². The maximum absolute atomic E-state index is 10.8. The van der Waals surface area contributed by atoms with Crippen LogP contribution in [0.2, 0.25) is 0 Å². The second-order valence-corrected chi connectivity index (χ2v) is 4.69. The second kappa shape index (κ2) is 5.67. The Morgan fingerprint density at radius 1 is 1.29 bits per heavy atom. The molecule has 2 rings (SSSR count). The smallest absolute Gasteiger partial charge is 0.328 e. The van der Waals surface area contributed by atoms with Crippen molar-refractivity contribution < 1.29 is 9.90 Å². The van der Waals surface area contributed by atoms with Gasteiger partial charge in [-0.3, -0.25) is 0 Å². The number of carboxylic acid groups (broad SMARTS) is 1. The van der Waals surface area contributed by atoms with Gasteiger partial charge in [-0.25, -0.2) is 4.79 Å². The normalized spacial score (nSPS) is 22.6. The molecule has 1 aromatic carbocycles. The average molecular weight is 230 g/mol. The van der Waals surface area contributed by atoms with Crippen LogP contribution < -0.4 is 0 Å². The summed E-state index contributed by atoms with van der Waals surface area (Å²) >= 11 is 0. The van der Waals surface area contributed by atoms with Gasteiger partial charge in [0.05, 0.1) is 0 Å². The molecule has 0 aliphatic heterocycles. The van der Waals surface area contributed by atoms with Crippen molar-refractivity contribution in [3.63, 3.8) is 0 Å². The second-order valence-electron chi connectivity index (χ2n) is 4.69. The van der Waals surface area contributed by atoms with E-state index < -0.39 is 5.97 Å². The third kappa shape index (κ3) is 3.45. The minimum Gasteiger partial charge on any atom is -0.478 e. The molecule has 17 heavy (non-hydrogen) atoms. The standard InChI is InChI=1S/C15H18O2/c16-15(17)11-14-9-5-4-8-13(14)10-12-6-2-1-3-7-12/h1-3,6-7,11,13H,4-5,8-10H2,(H,16,17). The Kier molecular flexibility index (Phi) is 3.97. The number of aliphatic carboxylic acids is 1. The molecule has 0 spiro atoms. The van der Waals surface area contributed by atoms with Gasteiger partial charge in [-0.2, -0.15) is 0 Å². The van der Waals surface area contributed by atoms with Gasteiger partial charge in [0.2, 0.25) is 0 Å². The van der Waals surface area contributed by atoms with Gasteiger partial charge in [-0.15, -0.1) is 0 Å². The molecule has 1 fully saturated rings. The zero-order chi connectivity index (χ0) is 12.1. The largest absolute Gasteiger partial charge is 0.478 e. The van der Waals surface area contributed by atoms with Crippen LogP contribution in [0.25, 0.3) is 0 Å². The molecule has 2 nitrogen and oxygen atoms in total. The predicted octanol–water partition coefficient (Wildman–Crippen LogP) is 3.43. The summed E-state index contributed by atoms with van der Waals surface area (Å²) in [6.07, 6.45) is 6.81. The summed E-state index contributed by atoms with van der Waals surface area (Å²) in [6, 6.07) is 10.3. The Morgan fingerprint density at radius 2 is 2.06 bits per heavy atom. The molecule has 0 amide bonds. The van der Waals surface area contributed by atoms with Crippen molar-refractivity contribution in [1.29, 1.82) is 0 Å². The van der Waals surface area contributed by atoms with E-state index in [0.29, 0.717) is 5.92 Å². The highest BCUT2D eigenvalue weighted by Crippen LogP contribution is 2.31. The number of rotatable bonds is 3. The highest BCUT2D eigenvalue weighted by atomic mass is 16.4. The van der Waals surface area contributed by atoms with Crippen molar-refractivity contribution in [2.45, 2.75) is 32.1 Å². The van der Waals surface area contributed by atoms with Gasteiger partial charge in [-0.1, -0.05) is 42.3 Å². The number of carbonyl (C=O) groups is 1. The molecule has 1 aliphatic rings. The molecule has 0 bridgehead atoms. The summed E-state index contributed by atoms with van der Waals surface area (Å²) in [4.78, 5) is 10.8. The third-order valence-corrected chi connectivity index (χ3v) is 3.43. The van der Waals surface area contributed by atoms with Crippen LogP contribution in [0.5, 0.6) is 0 Å². The quantitative estimate of drug-likeness (QED) is 0.808. The highest BCUT2D eigenvalue weighted by Gasteiger charge is 2.19. The molecule has 0 heterocycles. The molecule has 0 aromatic heterocycles. The van der Waals surface area contributed by atoms with E-state index in [1.165, 1.54) is 18.1 Å². The fourth-order valence-corrected chi connectivity index (χ4v) is 2.59. The van der Waals surface area contributed by atoms with Gasteiger partial charge in [-0.05, 0) is 37.2 Å². The lowest BCUT2D eigenvalue weighted by molar-refractivity contribution is -0.131. The third-order valence-electron chi connectivity index (χ3n) is 3.43. The Balaban J connectivity index is 2.09. The minimum atomic E-state index is -0.806. The van der Waals surface area contributed by atoms with Gasteiger partial charge < -0.3 is 5.11 Å². The summed E-state index contributed by atoms with van der Waals surface area (Å²) < 4.78 is 0. The van der Waals surface area contributed by atoms with Crippen LogP contribution in [0.3, 0.4) is 0 Å². The molecule has 1 aromatic rings. The summed E-state index contributed by atoms with van der Waals surface area (Å²) in [5, 5.41) is 8.87. The Morgan fingerprint density at radius 3 is 2.76 bits per heavy atom. The number of carboxylic acids is 1. The van der Waals surface area contributed by atoms with Crippen molar-refractivity contribution >= 4 is 5.97 Å². The van der Waals surface area contributed by atoms with Gasteiger partial charge in [0.25, 0.3) is 0 Å². The fraction of sp³-hybridized carbons (Fsp3) is 0.400. The van der Waals surface area contributed by atoms with Crippen LogP contribution in [0.4, 0.5) is 0 Å². The van der Waals surface area contributed by atoms with Gasteiger partial charge in [0.1, 0.15) is 0 Å². The van der Waals surface area contributed by atoms with Crippen molar-refractivity contribution in [3.05, 3.63) is 47.5 Å². The van der Waals surface area contributed by atoms with Gasteiger partial charge in [0, 0.05) is 6.08 Å². The minimum absolute atomic E-state index is 0.419. The zero-order valence-electron chi connectivity index (χ0n) is 9.93. The first kappa shape index (κ1) is 11.9. The number of hydrogen-bond acceptors (Lipinski definition) is 1.